The molecule has 2 N–H and O–H groups in total. The number of halogens is 2. The van der Waals surface area contributed by atoms with Gasteiger partial charge in [0.25, 0.3) is 0 Å². The molecule has 0 atom stereocenters. The number of nitrogens with one attached hydrogen (secondary N) is 1. The highest BCUT2D eigenvalue weighted by Crippen LogP contribution is 2.44. The molecule has 0 aliphatic heterocycles. The average molecular weight is 428 g/mol. The summed E-state index contributed by atoms with van der Waals surface area (Å²) < 4.78 is 19.5. The Balaban J connectivity index is 1.51. The van der Waals surface area contributed by atoms with Gasteiger partial charge in [-0.2, -0.15) is 0 Å². The van der Waals surface area contributed by atoms with E-state index in [4.69, 9.17) is 4.74 Å². The molecule has 136 valence electrons. The Labute approximate surface area is 163 Å². The third-order valence-electron chi connectivity index (χ3n) is 4.62. The molecule has 0 bridgehead atoms. The number of rotatable bonds is 3. The van der Waals surface area contributed by atoms with Crippen molar-refractivity contribution in [2.75, 3.05) is 11.9 Å². The minimum Gasteiger partial charge on any atom is -0.507 e. The summed E-state index contributed by atoms with van der Waals surface area (Å²) in [6.45, 7) is 0.140. The van der Waals surface area contributed by atoms with E-state index in [0.717, 1.165) is 28.3 Å². The van der Waals surface area contributed by atoms with Gasteiger partial charge in [-0.1, -0.05) is 48.5 Å². The van der Waals surface area contributed by atoms with Crippen LogP contribution in [-0.2, 0) is 4.74 Å². The summed E-state index contributed by atoms with van der Waals surface area (Å²) in [5.41, 5.74) is 4.40. The molecule has 3 aromatic rings. The van der Waals surface area contributed by atoms with E-state index in [1.165, 1.54) is 6.07 Å². The Kier molecular flexibility index (Phi) is 4.58. The second-order valence-corrected chi connectivity index (χ2v) is 7.09. The Morgan fingerprint density at radius 1 is 1.07 bits per heavy atom. The van der Waals surface area contributed by atoms with Crippen molar-refractivity contribution >= 4 is 27.7 Å². The number of phenols is 1. The summed E-state index contributed by atoms with van der Waals surface area (Å²) in [5.74, 6) is -1.06. The minimum absolute atomic E-state index is 0.0699. The Morgan fingerprint density at radius 2 is 1.67 bits per heavy atom. The fourth-order valence-electron chi connectivity index (χ4n) is 3.38. The molecule has 4 nitrogen and oxygen atoms in total. The number of ether oxygens (including phenoxy) is 1. The van der Waals surface area contributed by atoms with Crippen molar-refractivity contribution in [2.24, 2.45) is 0 Å². The quantitative estimate of drug-likeness (QED) is 0.530. The molecular weight excluding hydrogens is 413 g/mol. The fourth-order valence-corrected chi connectivity index (χ4v) is 3.72. The fraction of sp³-hybridized carbons (Fsp3) is 0.0952. The van der Waals surface area contributed by atoms with E-state index in [1.807, 2.05) is 36.4 Å². The van der Waals surface area contributed by atoms with Gasteiger partial charge in [0.05, 0.1) is 10.2 Å². The number of amides is 1. The van der Waals surface area contributed by atoms with E-state index < -0.39 is 11.9 Å². The molecule has 1 aliphatic carbocycles. The summed E-state index contributed by atoms with van der Waals surface area (Å²) >= 11 is 3.09. The van der Waals surface area contributed by atoms with Crippen LogP contribution < -0.4 is 5.32 Å². The van der Waals surface area contributed by atoms with E-state index in [9.17, 15) is 14.3 Å². The zero-order valence-corrected chi connectivity index (χ0v) is 15.7. The minimum atomic E-state index is -0.756. The van der Waals surface area contributed by atoms with Crippen LogP contribution in [0.3, 0.4) is 0 Å². The predicted molar refractivity (Wildman–Crippen MR) is 104 cm³/mol. The number of phenolic OH excluding ortho intramolecular Hbond substituents is 1. The van der Waals surface area contributed by atoms with Gasteiger partial charge in [0.1, 0.15) is 12.4 Å². The number of carbonyl (C=O) groups is 1. The van der Waals surface area contributed by atoms with Crippen LogP contribution in [0.1, 0.15) is 17.0 Å². The topological polar surface area (TPSA) is 58.6 Å². The van der Waals surface area contributed by atoms with Crippen molar-refractivity contribution < 1.29 is 19.0 Å². The molecule has 0 spiro atoms. The molecule has 0 unspecified atom stereocenters. The van der Waals surface area contributed by atoms with E-state index in [-0.39, 0.29) is 28.4 Å². The van der Waals surface area contributed by atoms with Gasteiger partial charge in [-0.25, -0.2) is 9.18 Å². The van der Waals surface area contributed by atoms with Crippen molar-refractivity contribution in [3.8, 4) is 16.9 Å². The largest absolute Gasteiger partial charge is 0.507 e. The third kappa shape index (κ3) is 3.28. The Morgan fingerprint density at radius 3 is 2.30 bits per heavy atom. The highest BCUT2D eigenvalue weighted by Gasteiger charge is 2.29. The number of fused-ring (bicyclic) bond motifs is 3. The second-order valence-electron chi connectivity index (χ2n) is 6.23. The molecule has 0 aromatic heterocycles. The van der Waals surface area contributed by atoms with Crippen LogP contribution in [0.25, 0.3) is 11.1 Å². The normalized spacial score (nSPS) is 12.4. The summed E-state index contributed by atoms with van der Waals surface area (Å²) in [4.78, 5) is 12.2. The van der Waals surface area contributed by atoms with Crippen molar-refractivity contribution in [3.63, 3.8) is 0 Å². The molecule has 0 saturated heterocycles. The monoisotopic (exact) mass is 427 g/mol. The average Bonchev–Trinajstić information content (AvgIpc) is 2.98. The Hall–Kier alpha value is -2.86. The van der Waals surface area contributed by atoms with E-state index in [1.54, 1.807) is 0 Å². The molecule has 1 aliphatic rings. The Bertz CT molecular complexity index is 992. The van der Waals surface area contributed by atoms with Gasteiger partial charge < -0.3 is 9.84 Å². The van der Waals surface area contributed by atoms with Crippen LogP contribution in [-0.4, -0.2) is 17.8 Å². The van der Waals surface area contributed by atoms with Crippen LogP contribution in [0.4, 0.5) is 14.9 Å². The van der Waals surface area contributed by atoms with Crippen molar-refractivity contribution in [2.45, 2.75) is 5.92 Å². The maximum Gasteiger partial charge on any atom is 0.411 e. The molecule has 3 aromatic carbocycles. The molecule has 27 heavy (non-hydrogen) atoms. The van der Waals surface area contributed by atoms with E-state index in [0.29, 0.717) is 0 Å². The standard InChI is InChI=1S/C21H15BrFNO3/c22-17-9-19(18(23)10-20(17)25)24-21(26)27-11-16-14-7-3-1-5-12(14)13-6-2-4-8-15(13)16/h1-10,16,25H,11H2,(H,24,26). The SMILES string of the molecule is O=C(Nc1cc(Br)c(O)cc1F)OCC1c2ccccc2-c2ccccc21. The van der Waals surface area contributed by atoms with Crippen LogP contribution in [0.2, 0.25) is 0 Å². The number of hydrogen-bond acceptors (Lipinski definition) is 3. The van der Waals surface area contributed by atoms with Crippen molar-refractivity contribution in [1.82, 2.24) is 0 Å². The maximum atomic E-state index is 13.9. The van der Waals surface area contributed by atoms with Gasteiger partial charge in [0, 0.05) is 12.0 Å². The molecule has 0 fully saturated rings. The molecule has 0 heterocycles. The van der Waals surface area contributed by atoms with Gasteiger partial charge >= 0.3 is 6.09 Å². The van der Waals surface area contributed by atoms with Gasteiger partial charge in [-0.15, -0.1) is 0 Å². The smallest absolute Gasteiger partial charge is 0.411 e. The van der Waals surface area contributed by atoms with Gasteiger partial charge in [0.2, 0.25) is 0 Å². The zero-order chi connectivity index (χ0) is 19.0. The molecule has 0 saturated carbocycles. The second kappa shape index (κ2) is 7.04. The lowest BCUT2D eigenvalue weighted by Crippen LogP contribution is -2.18. The first-order valence-corrected chi connectivity index (χ1v) is 9.14. The molecule has 6 heteroatoms. The van der Waals surface area contributed by atoms with Crippen LogP contribution in [0.5, 0.6) is 5.75 Å². The summed E-state index contributed by atoms with van der Waals surface area (Å²) in [5, 5.41) is 11.8. The summed E-state index contributed by atoms with van der Waals surface area (Å²) in [6.07, 6.45) is -0.756. The highest BCUT2D eigenvalue weighted by molar-refractivity contribution is 9.10. The summed E-state index contributed by atoms with van der Waals surface area (Å²) in [7, 11) is 0. The van der Waals surface area contributed by atoms with Gasteiger partial charge in [0.15, 0.2) is 5.82 Å². The lowest BCUT2D eigenvalue weighted by atomic mass is 9.98. The molecule has 0 radical (unpaired) electrons. The number of benzene rings is 3. The van der Waals surface area contributed by atoms with Crippen molar-refractivity contribution in [1.29, 1.82) is 0 Å². The lowest BCUT2D eigenvalue weighted by molar-refractivity contribution is 0.158. The molecular formula is C21H15BrFNO3. The number of aromatic hydroxyl groups is 1. The van der Waals surface area contributed by atoms with E-state index >= 15 is 0 Å². The first kappa shape index (κ1) is 17.5. The van der Waals surface area contributed by atoms with E-state index in [2.05, 4.69) is 33.4 Å². The molecule has 4 rings (SSSR count). The first-order chi connectivity index (χ1) is 13.0. The highest BCUT2D eigenvalue weighted by atomic mass is 79.9. The van der Waals surface area contributed by atoms with Gasteiger partial charge in [-0.05, 0) is 44.3 Å². The lowest BCUT2D eigenvalue weighted by Gasteiger charge is -2.15. The zero-order valence-electron chi connectivity index (χ0n) is 14.1. The van der Waals surface area contributed by atoms with Gasteiger partial charge in [-0.3, -0.25) is 5.32 Å². The molecule has 1 amide bonds. The third-order valence-corrected chi connectivity index (χ3v) is 5.25. The van der Waals surface area contributed by atoms with Crippen LogP contribution in [0.15, 0.2) is 65.1 Å². The number of carbonyl (C=O) groups excluding carboxylic acids is 1. The van der Waals surface area contributed by atoms with Crippen LogP contribution >= 0.6 is 15.9 Å². The summed E-state index contributed by atoms with van der Waals surface area (Å²) in [6, 6.07) is 18.2. The van der Waals surface area contributed by atoms with Crippen LogP contribution in [0, 0.1) is 5.82 Å². The predicted octanol–water partition coefficient (Wildman–Crippen LogP) is 5.65. The number of hydrogen-bond donors (Lipinski definition) is 2. The maximum absolute atomic E-state index is 13.9. The van der Waals surface area contributed by atoms with Crippen molar-refractivity contribution in [3.05, 3.63) is 82.1 Å². The number of anilines is 1. The first-order valence-electron chi connectivity index (χ1n) is 8.34.